The van der Waals surface area contributed by atoms with Crippen molar-refractivity contribution in [3.05, 3.63) is 58.3 Å². The van der Waals surface area contributed by atoms with Crippen LogP contribution < -0.4 is 4.74 Å². The molecule has 0 N–H and O–H groups in total. The molecule has 0 atom stereocenters. The number of nitrogens with zero attached hydrogens (tertiary/aromatic N) is 2. The van der Waals surface area contributed by atoms with Gasteiger partial charge in [-0.15, -0.1) is 0 Å². The van der Waals surface area contributed by atoms with Crippen LogP contribution in [0.3, 0.4) is 0 Å². The van der Waals surface area contributed by atoms with Crippen LogP contribution in [0, 0.1) is 13.8 Å². The SMILES string of the molecule is Cc1ccc2cccc(Oc3nccc(C)c3Br)c2n1. The second kappa shape index (κ2) is 5.21. The van der Waals surface area contributed by atoms with E-state index in [2.05, 4.69) is 25.9 Å². The summed E-state index contributed by atoms with van der Waals surface area (Å²) in [5, 5.41) is 1.05. The van der Waals surface area contributed by atoms with E-state index in [1.807, 2.05) is 50.2 Å². The van der Waals surface area contributed by atoms with Gasteiger partial charge in [0.1, 0.15) is 5.52 Å². The summed E-state index contributed by atoms with van der Waals surface area (Å²) in [6.07, 6.45) is 1.74. The second-order valence-corrected chi connectivity index (χ2v) is 5.42. The molecule has 0 saturated heterocycles. The maximum atomic E-state index is 5.94. The number of hydrogen-bond donors (Lipinski definition) is 0. The quantitative estimate of drug-likeness (QED) is 0.677. The molecule has 0 aliphatic heterocycles. The van der Waals surface area contributed by atoms with Crippen LogP contribution in [-0.4, -0.2) is 9.97 Å². The Kier molecular flexibility index (Phi) is 3.40. The van der Waals surface area contributed by atoms with Crippen LogP contribution in [0.15, 0.2) is 47.1 Å². The first-order chi connectivity index (χ1) is 9.65. The van der Waals surface area contributed by atoms with Crippen molar-refractivity contribution in [3.8, 4) is 11.6 Å². The zero-order valence-electron chi connectivity index (χ0n) is 11.2. The number of aromatic nitrogens is 2. The van der Waals surface area contributed by atoms with Crippen molar-refractivity contribution >= 4 is 26.8 Å². The van der Waals surface area contributed by atoms with E-state index in [-0.39, 0.29) is 0 Å². The lowest BCUT2D eigenvalue weighted by Crippen LogP contribution is -1.93. The van der Waals surface area contributed by atoms with Gasteiger partial charge in [0, 0.05) is 17.3 Å². The standard InChI is InChI=1S/C16H13BrN2O/c1-10-8-9-18-16(14(10)17)20-13-5-3-4-12-7-6-11(2)19-15(12)13/h3-9H,1-2H3. The van der Waals surface area contributed by atoms with Gasteiger partial charge in [0.2, 0.25) is 5.88 Å². The topological polar surface area (TPSA) is 35.0 Å². The maximum absolute atomic E-state index is 5.94. The van der Waals surface area contributed by atoms with Gasteiger partial charge in [-0.2, -0.15) is 0 Å². The number of aryl methyl sites for hydroxylation is 2. The molecule has 0 spiro atoms. The van der Waals surface area contributed by atoms with Gasteiger partial charge < -0.3 is 4.74 Å². The van der Waals surface area contributed by atoms with Gasteiger partial charge in [-0.25, -0.2) is 9.97 Å². The molecule has 3 rings (SSSR count). The Balaban J connectivity index is 2.11. The lowest BCUT2D eigenvalue weighted by Gasteiger charge is -2.10. The molecule has 2 heterocycles. The Morgan fingerprint density at radius 2 is 1.90 bits per heavy atom. The van der Waals surface area contributed by atoms with Crippen molar-refractivity contribution in [2.75, 3.05) is 0 Å². The van der Waals surface area contributed by atoms with Gasteiger partial charge in [-0.3, -0.25) is 0 Å². The highest BCUT2D eigenvalue weighted by Gasteiger charge is 2.10. The summed E-state index contributed by atoms with van der Waals surface area (Å²) in [7, 11) is 0. The van der Waals surface area contributed by atoms with Crippen LogP contribution in [0.1, 0.15) is 11.3 Å². The van der Waals surface area contributed by atoms with E-state index in [9.17, 15) is 0 Å². The summed E-state index contributed by atoms with van der Waals surface area (Å²) >= 11 is 3.51. The van der Waals surface area contributed by atoms with Gasteiger partial charge in [-0.1, -0.05) is 18.2 Å². The molecular weight excluding hydrogens is 316 g/mol. The summed E-state index contributed by atoms with van der Waals surface area (Å²) < 4.78 is 6.80. The Morgan fingerprint density at radius 1 is 1.05 bits per heavy atom. The third-order valence-corrected chi connectivity index (χ3v) is 4.04. The summed E-state index contributed by atoms with van der Waals surface area (Å²) in [6, 6.07) is 11.9. The molecule has 0 aliphatic carbocycles. The minimum Gasteiger partial charge on any atom is -0.436 e. The van der Waals surface area contributed by atoms with Crippen LogP contribution in [0.4, 0.5) is 0 Å². The third-order valence-electron chi connectivity index (χ3n) is 3.08. The number of ether oxygens (including phenoxy) is 1. The van der Waals surface area contributed by atoms with Crippen molar-refractivity contribution in [1.29, 1.82) is 0 Å². The molecule has 4 heteroatoms. The zero-order chi connectivity index (χ0) is 14.1. The lowest BCUT2D eigenvalue weighted by molar-refractivity contribution is 0.463. The summed E-state index contributed by atoms with van der Waals surface area (Å²) in [5.74, 6) is 1.27. The normalized spacial score (nSPS) is 10.8. The molecule has 2 aromatic heterocycles. The molecule has 0 bridgehead atoms. The fourth-order valence-electron chi connectivity index (χ4n) is 1.99. The van der Waals surface area contributed by atoms with Gasteiger partial charge in [0.05, 0.1) is 4.47 Å². The highest BCUT2D eigenvalue weighted by atomic mass is 79.9. The zero-order valence-corrected chi connectivity index (χ0v) is 12.8. The first kappa shape index (κ1) is 13.1. The largest absolute Gasteiger partial charge is 0.436 e. The first-order valence-corrected chi connectivity index (χ1v) is 7.10. The molecule has 3 aromatic rings. The van der Waals surface area contributed by atoms with Crippen LogP contribution in [-0.2, 0) is 0 Å². The Hall–Kier alpha value is -1.94. The van der Waals surface area contributed by atoms with Gasteiger partial charge in [-0.05, 0) is 53.5 Å². The highest BCUT2D eigenvalue weighted by Crippen LogP contribution is 2.33. The van der Waals surface area contributed by atoms with Crippen LogP contribution in [0.25, 0.3) is 10.9 Å². The molecule has 0 aliphatic rings. The predicted molar refractivity (Wildman–Crippen MR) is 83.2 cm³/mol. The van der Waals surface area contributed by atoms with E-state index in [0.29, 0.717) is 11.6 Å². The second-order valence-electron chi connectivity index (χ2n) is 4.63. The van der Waals surface area contributed by atoms with E-state index in [4.69, 9.17) is 4.74 Å². The number of halogens is 1. The Bertz CT molecular complexity index is 787. The minimum atomic E-state index is 0.556. The van der Waals surface area contributed by atoms with Crippen LogP contribution in [0.2, 0.25) is 0 Å². The molecule has 0 fully saturated rings. The minimum absolute atomic E-state index is 0.556. The fraction of sp³-hybridized carbons (Fsp3) is 0.125. The van der Waals surface area contributed by atoms with E-state index in [1.165, 1.54) is 0 Å². The van der Waals surface area contributed by atoms with E-state index in [1.54, 1.807) is 6.20 Å². The van der Waals surface area contributed by atoms with E-state index < -0.39 is 0 Å². The van der Waals surface area contributed by atoms with Crippen molar-refractivity contribution in [1.82, 2.24) is 9.97 Å². The number of fused-ring (bicyclic) bond motifs is 1. The van der Waals surface area contributed by atoms with Crippen molar-refractivity contribution in [3.63, 3.8) is 0 Å². The van der Waals surface area contributed by atoms with Crippen LogP contribution in [0.5, 0.6) is 11.6 Å². The molecule has 1 aromatic carbocycles. The molecule has 0 unspecified atom stereocenters. The number of rotatable bonds is 2. The molecular formula is C16H13BrN2O. The third kappa shape index (κ3) is 2.39. The summed E-state index contributed by atoms with van der Waals surface area (Å²) in [6.45, 7) is 3.97. The molecule has 3 nitrogen and oxygen atoms in total. The van der Waals surface area contributed by atoms with Crippen molar-refractivity contribution < 1.29 is 4.74 Å². The number of pyridine rings is 2. The number of hydrogen-bond acceptors (Lipinski definition) is 3. The molecule has 100 valence electrons. The Morgan fingerprint density at radius 3 is 2.75 bits per heavy atom. The number of benzene rings is 1. The molecule has 0 amide bonds. The highest BCUT2D eigenvalue weighted by molar-refractivity contribution is 9.10. The molecule has 0 radical (unpaired) electrons. The lowest BCUT2D eigenvalue weighted by atomic mass is 10.2. The van der Waals surface area contributed by atoms with Crippen LogP contribution >= 0.6 is 15.9 Å². The average Bonchev–Trinajstić information content (AvgIpc) is 2.44. The average molecular weight is 329 g/mol. The molecule has 0 saturated carbocycles. The van der Waals surface area contributed by atoms with Crippen molar-refractivity contribution in [2.45, 2.75) is 13.8 Å². The maximum Gasteiger partial charge on any atom is 0.233 e. The predicted octanol–water partition coefficient (Wildman–Crippen LogP) is 4.80. The van der Waals surface area contributed by atoms with E-state index >= 15 is 0 Å². The summed E-state index contributed by atoms with van der Waals surface area (Å²) in [4.78, 5) is 8.82. The van der Waals surface area contributed by atoms with Gasteiger partial charge in [0.25, 0.3) is 0 Å². The molecule has 20 heavy (non-hydrogen) atoms. The van der Waals surface area contributed by atoms with E-state index in [0.717, 1.165) is 26.6 Å². The summed E-state index contributed by atoms with van der Waals surface area (Å²) in [5.41, 5.74) is 2.90. The smallest absolute Gasteiger partial charge is 0.233 e. The van der Waals surface area contributed by atoms with Gasteiger partial charge in [0.15, 0.2) is 5.75 Å². The van der Waals surface area contributed by atoms with Gasteiger partial charge >= 0.3 is 0 Å². The van der Waals surface area contributed by atoms with Crippen molar-refractivity contribution in [2.24, 2.45) is 0 Å². The monoisotopic (exact) mass is 328 g/mol. The first-order valence-electron chi connectivity index (χ1n) is 6.30. The number of para-hydroxylation sites is 1. The fourth-order valence-corrected chi connectivity index (χ4v) is 2.31. The Labute approximate surface area is 125 Å².